The van der Waals surface area contributed by atoms with E-state index in [1.165, 1.54) is 0 Å². The summed E-state index contributed by atoms with van der Waals surface area (Å²) in [7, 11) is 0. The Balaban J connectivity index is 2.13. The molecule has 0 unspecified atom stereocenters. The van der Waals surface area contributed by atoms with Gasteiger partial charge in [-0.25, -0.2) is 0 Å². The number of hydrogen-bond donors (Lipinski definition) is 0. The molecule has 19 heavy (non-hydrogen) atoms. The van der Waals surface area contributed by atoms with Crippen molar-refractivity contribution in [3.63, 3.8) is 0 Å². The van der Waals surface area contributed by atoms with Crippen LogP contribution in [0.2, 0.25) is 0 Å². The van der Waals surface area contributed by atoms with Crippen molar-refractivity contribution in [1.29, 1.82) is 0 Å². The fraction of sp³-hybridized carbons (Fsp3) is 0.333. The van der Waals surface area contributed by atoms with Gasteiger partial charge in [-0.05, 0) is 25.5 Å². The van der Waals surface area contributed by atoms with E-state index in [1.807, 2.05) is 42.0 Å². The topological polar surface area (TPSA) is 48.3 Å². The first-order valence-electron chi connectivity index (χ1n) is 6.33. The molecule has 4 heteroatoms. The molecule has 0 aliphatic carbocycles. The van der Waals surface area contributed by atoms with E-state index in [1.54, 1.807) is 6.92 Å². The second kappa shape index (κ2) is 5.69. The molecule has 2 rings (SSSR count). The number of para-hydroxylation sites is 1. The van der Waals surface area contributed by atoms with Gasteiger partial charge in [-0.15, -0.1) is 0 Å². The second-order valence-corrected chi connectivity index (χ2v) is 4.48. The van der Waals surface area contributed by atoms with Crippen molar-refractivity contribution in [2.24, 2.45) is 0 Å². The van der Waals surface area contributed by atoms with Crippen molar-refractivity contribution in [2.75, 3.05) is 6.61 Å². The van der Waals surface area contributed by atoms with Crippen LogP contribution in [0.25, 0.3) is 10.9 Å². The van der Waals surface area contributed by atoms with Crippen LogP contribution in [-0.4, -0.2) is 22.9 Å². The zero-order valence-corrected chi connectivity index (χ0v) is 11.2. The molecule has 0 atom stereocenters. The summed E-state index contributed by atoms with van der Waals surface area (Å²) in [6, 6.07) is 7.91. The van der Waals surface area contributed by atoms with Gasteiger partial charge in [0.25, 0.3) is 0 Å². The van der Waals surface area contributed by atoms with Gasteiger partial charge in [0.05, 0.1) is 13.2 Å². The number of carbonyl (C=O) groups excluding carboxylic acids is 2. The quantitative estimate of drug-likeness (QED) is 0.612. The number of ketones is 1. The van der Waals surface area contributed by atoms with Gasteiger partial charge in [-0.3, -0.25) is 9.59 Å². The molecule has 0 saturated heterocycles. The molecule has 2 aromatic rings. The van der Waals surface area contributed by atoms with Crippen molar-refractivity contribution >= 4 is 22.7 Å². The number of fused-ring (bicyclic) bond motifs is 1. The Hall–Kier alpha value is -2.10. The maximum atomic E-state index is 11.8. The monoisotopic (exact) mass is 259 g/mol. The normalized spacial score (nSPS) is 10.6. The predicted octanol–water partition coefficient (Wildman–Crippen LogP) is 2.47. The van der Waals surface area contributed by atoms with Gasteiger partial charge in [-0.2, -0.15) is 0 Å². The molecule has 0 aliphatic rings. The van der Waals surface area contributed by atoms with E-state index in [0.29, 0.717) is 6.61 Å². The number of carbonyl (C=O) groups is 2. The third-order valence-electron chi connectivity index (χ3n) is 2.98. The van der Waals surface area contributed by atoms with Crippen LogP contribution in [0.5, 0.6) is 0 Å². The van der Waals surface area contributed by atoms with Crippen LogP contribution >= 0.6 is 0 Å². The summed E-state index contributed by atoms with van der Waals surface area (Å²) in [6.45, 7) is 4.24. The second-order valence-electron chi connectivity index (χ2n) is 4.48. The van der Waals surface area contributed by atoms with E-state index < -0.39 is 5.97 Å². The summed E-state index contributed by atoms with van der Waals surface area (Å²) in [6.07, 6.45) is 1.77. The summed E-state index contributed by atoms with van der Waals surface area (Å²) >= 11 is 0. The molecule has 100 valence electrons. The van der Waals surface area contributed by atoms with E-state index in [9.17, 15) is 9.59 Å². The van der Waals surface area contributed by atoms with Crippen LogP contribution in [0.15, 0.2) is 30.5 Å². The smallest absolute Gasteiger partial charge is 0.313 e. The Bertz CT molecular complexity index is 613. The van der Waals surface area contributed by atoms with Crippen LogP contribution in [0.3, 0.4) is 0 Å². The lowest BCUT2D eigenvalue weighted by Crippen LogP contribution is -2.15. The largest absolute Gasteiger partial charge is 0.466 e. The number of ether oxygens (including phenoxy) is 1. The Labute approximate surface area is 112 Å². The molecule has 1 aromatic carbocycles. The lowest BCUT2D eigenvalue weighted by atomic mass is 10.2. The third kappa shape index (κ3) is 3.02. The summed E-state index contributed by atoms with van der Waals surface area (Å²) < 4.78 is 6.66. The lowest BCUT2D eigenvalue weighted by molar-refractivity contribution is -0.145. The van der Waals surface area contributed by atoms with Crippen molar-refractivity contribution in [1.82, 2.24) is 4.57 Å². The molecule has 0 bridgehead atoms. The van der Waals surface area contributed by atoms with E-state index in [2.05, 4.69) is 0 Å². The highest BCUT2D eigenvalue weighted by atomic mass is 16.5. The van der Waals surface area contributed by atoms with Crippen LogP contribution in [-0.2, 0) is 20.9 Å². The van der Waals surface area contributed by atoms with Crippen LogP contribution in [0.4, 0.5) is 0 Å². The fourth-order valence-electron chi connectivity index (χ4n) is 2.18. The van der Waals surface area contributed by atoms with Gasteiger partial charge < -0.3 is 9.30 Å². The Morgan fingerprint density at radius 2 is 2.00 bits per heavy atom. The standard InChI is InChI=1S/C15H17NO3/c1-3-19-15(18)8-12(17)10-16-9-11(2)13-6-4-5-7-14(13)16/h4-7,9H,3,8,10H2,1-2H3. The molecule has 0 aliphatic heterocycles. The van der Waals surface area contributed by atoms with Gasteiger partial charge in [0.2, 0.25) is 0 Å². The van der Waals surface area contributed by atoms with E-state index in [4.69, 9.17) is 4.74 Å². The molecule has 0 amide bonds. The number of Topliss-reactive ketones (excluding diaryl/α,β-unsaturated/α-hetero) is 1. The van der Waals surface area contributed by atoms with E-state index in [0.717, 1.165) is 16.5 Å². The number of aromatic nitrogens is 1. The predicted molar refractivity (Wildman–Crippen MR) is 72.9 cm³/mol. The molecule has 0 spiro atoms. The molecule has 0 radical (unpaired) electrons. The van der Waals surface area contributed by atoms with Crippen molar-refractivity contribution in [3.8, 4) is 0 Å². The number of aryl methyl sites for hydroxylation is 1. The summed E-state index contributed by atoms with van der Waals surface area (Å²) in [5, 5.41) is 1.13. The minimum atomic E-state index is -0.458. The summed E-state index contributed by atoms with van der Waals surface area (Å²) in [4.78, 5) is 23.1. The van der Waals surface area contributed by atoms with Gasteiger partial charge in [-0.1, -0.05) is 18.2 Å². The Kier molecular flexibility index (Phi) is 4.00. The SMILES string of the molecule is CCOC(=O)CC(=O)Cn1cc(C)c2ccccc21. The highest BCUT2D eigenvalue weighted by molar-refractivity contribution is 5.96. The van der Waals surface area contributed by atoms with E-state index in [-0.39, 0.29) is 18.7 Å². The van der Waals surface area contributed by atoms with Crippen LogP contribution in [0, 0.1) is 6.92 Å². The zero-order chi connectivity index (χ0) is 13.8. The summed E-state index contributed by atoms with van der Waals surface area (Å²) in [5.41, 5.74) is 2.14. The highest BCUT2D eigenvalue weighted by Gasteiger charge is 2.13. The average molecular weight is 259 g/mol. The van der Waals surface area contributed by atoms with Gasteiger partial charge in [0.1, 0.15) is 6.42 Å². The molecule has 1 aromatic heterocycles. The van der Waals surface area contributed by atoms with Crippen molar-refractivity contribution in [3.05, 3.63) is 36.0 Å². The van der Waals surface area contributed by atoms with Gasteiger partial charge in [0.15, 0.2) is 5.78 Å². The molecule has 1 heterocycles. The highest BCUT2D eigenvalue weighted by Crippen LogP contribution is 2.20. The number of rotatable bonds is 5. The molecule has 0 fully saturated rings. The maximum absolute atomic E-state index is 11.8. The fourth-order valence-corrected chi connectivity index (χ4v) is 2.18. The number of nitrogens with zero attached hydrogens (tertiary/aromatic N) is 1. The number of esters is 1. The Morgan fingerprint density at radius 1 is 1.26 bits per heavy atom. The average Bonchev–Trinajstić information content (AvgIpc) is 2.67. The van der Waals surface area contributed by atoms with Crippen LogP contribution < -0.4 is 0 Å². The molecule has 4 nitrogen and oxygen atoms in total. The van der Waals surface area contributed by atoms with Crippen molar-refractivity contribution in [2.45, 2.75) is 26.8 Å². The lowest BCUT2D eigenvalue weighted by Gasteiger charge is -2.04. The molecule has 0 saturated carbocycles. The third-order valence-corrected chi connectivity index (χ3v) is 2.98. The van der Waals surface area contributed by atoms with Gasteiger partial charge >= 0.3 is 5.97 Å². The first kappa shape index (κ1) is 13.3. The first-order valence-corrected chi connectivity index (χ1v) is 6.33. The molecular weight excluding hydrogens is 242 g/mol. The first-order chi connectivity index (χ1) is 9.11. The molecule has 0 N–H and O–H groups in total. The van der Waals surface area contributed by atoms with Crippen molar-refractivity contribution < 1.29 is 14.3 Å². The minimum Gasteiger partial charge on any atom is -0.466 e. The number of benzene rings is 1. The zero-order valence-electron chi connectivity index (χ0n) is 11.2. The van der Waals surface area contributed by atoms with Gasteiger partial charge in [0, 0.05) is 17.1 Å². The number of hydrogen-bond acceptors (Lipinski definition) is 3. The minimum absolute atomic E-state index is 0.140. The van der Waals surface area contributed by atoms with Crippen LogP contribution in [0.1, 0.15) is 18.9 Å². The Morgan fingerprint density at radius 3 is 2.74 bits per heavy atom. The maximum Gasteiger partial charge on any atom is 0.313 e. The summed E-state index contributed by atoms with van der Waals surface area (Å²) in [5.74, 6) is -0.597. The van der Waals surface area contributed by atoms with E-state index >= 15 is 0 Å². The molecular formula is C15H17NO3.